The van der Waals surface area contributed by atoms with Crippen LogP contribution in [0.3, 0.4) is 0 Å². The Morgan fingerprint density at radius 2 is 2.20 bits per heavy atom. The number of nitrogens with zero attached hydrogens (tertiary/aromatic N) is 2. The molecule has 0 radical (unpaired) electrons. The molecule has 3 atom stereocenters. The lowest BCUT2D eigenvalue weighted by molar-refractivity contribution is 0.00506. The van der Waals surface area contributed by atoms with E-state index in [-0.39, 0.29) is 6.10 Å². The molecule has 4 heteroatoms. The summed E-state index contributed by atoms with van der Waals surface area (Å²) < 4.78 is 5.47. The fourth-order valence-electron chi connectivity index (χ4n) is 2.12. The molecule has 0 bridgehead atoms. The molecule has 1 aliphatic carbocycles. The van der Waals surface area contributed by atoms with Crippen LogP contribution in [-0.4, -0.2) is 42.7 Å². The second-order valence-corrected chi connectivity index (χ2v) is 4.74. The lowest BCUT2D eigenvalue weighted by Gasteiger charge is -2.35. The third-order valence-electron chi connectivity index (χ3n) is 3.44. The van der Waals surface area contributed by atoms with Gasteiger partial charge in [0.25, 0.3) is 0 Å². The highest BCUT2D eigenvalue weighted by molar-refractivity contribution is 5.78. The number of morpholine rings is 1. The normalized spacial score (nSPS) is 37.6. The van der Waals surface area contributed by atoms with Crippen LogP contribution >= 0.6 is 0 Å². The van der Waals surface area contributed by atoms with E-state index in [0.717, 1.165) is 19.7 Å². The summed E-state index contributed by atoms with van der Waals surface area (Å²) in [6, 6.07) is 0.461. The summed E-state index contributed by atoms with van der Waals surface area (Å²) >= 11 is 0. The molecule has 1 saturated heterocycles. The van der Waals surface area contributed by atoms with E-state index < -0.39 is 0 Å². The maximum Gasteiger partial charge on any atom is 0.191 e. The molecular formula is C11H21N3O. The molecule has 1 aliphatic heterocycles. The van der Waals surface area contributed by atoms with Crippen molar-refractivity contribution in [3.8, 4) is 0 Å². The minimum absolute atomic E-state index is 0.270. The first-order chi connectivity index (χ1) is 7.16. The van der Waals surface area contributed by atoms with Gasteiger partial charge in [-0.25, -0.2) is 4.99 Å². The van der Waals surface area contributed by atoms with Crippen LogP contribution in [0.4, 0.5) is 0 Å². The highest BCUT2D eigenvalue weighted by Crippen LogP contribution is 2.29. The van der Waals surface area contributed by atoms with Gasteiger partial charge in [0.2, 0.25) is 0 Å². The summed E-state index contributed by atoms with van der Waals surface area (Å²) in [5.41, 5.74) is 6.00. The molecule has 15 heavy (non-hydrogen) atoms. The molecule has 0 aromatic heterocycles. The van der Waals surface area contributed by atoms with Crippen LogP contribution in [0, 0.1) is 5.92 Å². The predicted molar refractivity (Wildman–Crippen MR) is 60.8 cm³/mol. The lowest BCUT2D eigenvalue weighted by Crippen LogP contribution is -2.48. The Kier molecular flexibility index (Phi) is 3.14. The standard InChI is InChI=1S/C11H21N3O/c1-8-3-4-10(8)13-11(12)14-5-6-15-9(2)7-14/h8-10H,3-7H2,1-2H3,(H2,12,13). The molecule has 0 aromatic rings. The Bertz CT molecular complexity index is 254. The number of nitrogens with two attached hydrogens (primary N) is 1. The summed E-state index contributed by atoms with van der Waals surface area (Å²) in [6.45, 7) is 6.83. The van der Waals surface area contributed by atoms with Crippen molar-refractivity contribution in [1.29, 1.82) is 0 Å². The van der Waals surface area contributed by atoms with E-state index in [4.69, 9.17) is 10.5 Å². The summed E-state index contributed by atoms with van der Waals surface area (Å²) in [7, 11) is 0. The topological polar surface area (TPSA) is 50.8 Å². The van der Waals surface area contributed by atoms with Gasteiger partial charge in [-0.3, -0.25) is 0 Å². The Hall–Kier alpha value is -0.770. The predicted octanol–water partition coefficient (Wildman–Crippen LogP) is 0.820. The van der Waals surface area contributed by atoms with E-state index in [0.29, 0.717) is 17.9 Å². The zero-order chi connectivity index (χ0) is 10.8. The number of hydrogen-bond acceptors (Lipinski definition) is 2. The van der Waals surface area contributed by atoms with Gasteiger partial charge in [0.15, 0.2) is 5.96 Å². The van der Waals surface area contributed by atoms with Gasteiger partial charge in [-0.05, 0) is 25.7 Å². The highest BCUT2D eigenvalue weighted by atomic mass is 16.5. The average molecular weight is 211 g/mol. The van der Waals surface area contributed by atoms with Crippen molar-refractivity contribution >= 4 is 5.96 Å². The van der Waals surface area contributed by atoms with E-state index in [1.165, 1.54) is 12.8 Å². The molecule has 1 saturated carbocycles. The Morgan fingerprint density at radius 1 is 1.40 bits per heavy atom. The van der Waals surface area contributed by atoms with Crippen LogP contribution in [0.25, 0.3) is 0 Å². The van der Waals surface area contributed by atoms with Gasteiger partial charge in [-0.2, -0.15) is 0 Å². The zero-order valence-corrected chi connectivity index (χ0v) is 9.65. The summed E-state index contributed by atoms with van der Waals surface area (Å²) in [5, 5.41) is 0. The number of aliphatic imine (C=N–C) groups is 1. The summed E-state index contributed by atoms with van der Waals surface area (Å²) in [5.74, 6) is 1.42. The number of rotatable bonds is 1. The third kappa shape index (κ3) is 2.43. The molecule has 0 aromatic carbocycles. The fraction of sp³-hybridized carbons (Fsp3) is 0.909. The fourth-order valence-corrected chi connectivity index (χ4v) is 2.12. The Labute approximate surface area is 91.5 Å². The van der Waals surface area contributed by atoms with Crippen LogP contribution in [0.5, 0.6) is 0 Å². The summed E-state index contributed by atoms with van der Waals surface area (Å²) in [6.07, 6.45) is 2.76. The lowest BCUT2D eigenvalue weighted by atomic mass is 9.82. The van der Waals surface area contributed by atoms with Crippen molar-refractivity contribution < 1.29 is 4.74 Å². The van der Waals surface area contributed by atoms with Crippen LogP contribution in [0.1, 0.15) is 26.7 Å². The first-order valence-electron chi connectivity index (χ1n) is 5.86. The van der Waals surface area contributed by atoms with Gasteiger partial charge < -0.3 is 15.4 Å². The van der Waals surface area contributed by atoms with Crippen molar-refractivity contribution in [2.45, 2.75) is 38.8 Å². The summed E-state index contributed by atoms with van der Waals surface area (Å²) in [4.78, 5) is 6.72. The van der Waals surface area contributed by atoms with Crippen LogP contribution in [0.15, 0.2) is 4.99 Å². The van der Waals surface area contributed by atoms with E-state index >= 15 is 0 Å². The molecular weight excluding hydrogens is 190 g/mol. The molecule has 2 N–H and O–H groups in total. The SMILES string of the molecule is CC1CN(C(N)=NC2CCC2C)CCO1. The van der Waals surface area contributed by atoms with Crippen molar-refractivity contribution in [2.24, 2.45) is 16.6 Å². The van der Waals surface area contributed by atoms with Crippen molar-refractivity contribution in [3.63, 3.8) is 0 Å². The van der Waals surface area contributed by atoms with E-state index in [1.54, 1.807) is 0 Å². The first kappa shape index (κ1) is 10.7. The molecule has 0 spiro atoms. The van der Waals surface area contributed by atoms with Crippen LogP contribution in [0.2, 0.25) is 0 Å². The van der Waals surface area contributed by atoms with Gasteiger partial charge >= 0.3 is 0 Å². The maximum atomic E-state index is 6.00. The number of guanidine groups is 1. The molecule has 2 fully saturated rings. The molecule has 0 amide bonds. The molecule has 2 rings (SSSR count). The number of ether oxygens (including phenoxy) is 1. The molecule has 3 unspecified atom stereocenters. The van der Waals surface area contributed by atoms with Crippen molar-refractivity contribution in [1.82, 2.24) is 4.90 Å². The molecule has 4 nitrogen and oxygen atoms in total. The highest BCUT2D eigenvalue weighted by Gasteiger charge is 2.27. The van der Waals surface area contributed by atoms with Gasteiger partial charge in [0, 0.05) is 13.1 Å². The van der Waals surface area contributed by atoms with Crippen LogP contribution < -0.4 is 5.73 Å². The second-order valence-electron chi connectivity index (χ2n) is 4.74. The minimum Gasteiger partial charge on any atom is -0.375 e. The molecule has 86 valence electrons. The Balaban J connectivity index is 1.91. The third-order valence-corrected chi connectivity index (χ3v) is 3.44. The Morgan fingerprint density at radius 3 is 2.73 bits per heavy atom. The quantitative estimate of drug-likeness (QED) is 0.516. The van der Waals surface area contributed by atoms with Gasteiger partial charge in [-0.1, -0.05) is 6.92 Å². The van der Waals surface area contributed by atoms with E-state index in [9.17, 15) is 0 Å². The monoisotopic (exact) mass is 211 g/mol. The largest absolute Gasteiger partial charge is 0.375 e. The second kappa shape index (κ2) is 4.39. The van der Waals surface area contributed by atoms with Crippen molar-refractivity contribution in [2.75, 3.05) is 19.7 Å². The van der Waals surface area contributed by atoms with E-state index in [2.05, 4.69) is 23.7 Å². The van der Waals surface area contributed by atoms with Crippen LogP contribution in [-0.2, 0) is 4.74 Å². The first-order valence-corrected chi connectivity index (χ1v) is 5.86. The van der Waals surface area contributed by atoms with Gasteiger partial charge in [0.05, 0.1) is 18.8 Å². The van der Waals surface area contributed by atoms with Gasteiger partial charge in [-0.15, -0.1) is 0 Å². The van der Waals surface area contributed by atoms with Crippen molar-refractivity contribution in [3.05, 3.63) is 0 Å². The zero-order valence-electron chi connectivity index (χ0n) is 9.65. The number of hydrogen-bond donors (Lipinski definition) is 1. The molecule has 1 heterocycles. The van der Waals surface area contributed by atoms with Gasteiger partial charge in [0.1, 0.15) is 0 Å². The smallest absolute Gasteiger partial charge is 0.191 e. The minimum atomic E-state index is 0.270. The van der Waals surface area contributed by atoms with E-state index in [1.807, 2.05) is 0 Å². The molecule has 2 aliphatic rings. The average Bonchev–Trinajstić information content (AvgIpc) is 2.23. The maximum absolute atomic E-state index is 6.00.